The van der Waals surface area contributed by atoms with Crippen LogP contribution >= 0.6 is 0 Å². The zero-order chi connectivity index (χ0) is 30.7. The van der Waals surface area contributed by atoms with Crippen molar-refractivity contribution in [2.24, 2.45) is 5.92 Å². The van der Waals surface area contributed by atoms with Crippen LogP contribution in [0, 0.1) is 17.2 Å². The Kier molecular flexibility index (Phi) is 6.66. The summed E-state index contributed by atoms with van der Waals surface area (Å²) in [5.74, 6) is -0.381. The van der Waals surface area contributed by atoms with Crippen LogP contribution in [0.5, 0.6) is 0 Å². The summed E-state index contributed by atoms with van der Waals surface area (Å²) in [7, 11) is 3.17. The molecule has 3 amide bonds. The molecule has 0 radical (unpaired) electrons. The van der Waals surface area contributed by atoms with Crippen LogP contribution in [-0.4, -0.2) is 71.1 Å². The van der Waals surface area contributed by atoms with E-state index in [-0.39, 0.29) is 42.9 Å². The number of aromatic nitrogens is 2. The van der Waals surface area contributed by atoms with Crippen LogP contribution in [-0.2, 0) is 29.6 Å². The van der Waals surface area contributed by atoms with Crippen LogP contribution in [0.2, 0.25) is 0 Å². The van der Waals surface area contributed by atoms with Gasteiger partial charge < -0.3 is 25.4 Å². The third-order valence-electron chi connectivity index (χ3n) is 9.80. The minimum absolute atomic E-state index is 0.0430. The zero-order valence-electron chi connectivity index (χ0n) is 24.6. The minimum atomic E-state index is -0.973. The van der Waals surface area contributed by atoms with Crippen LogP contribution in [0.4, 0.5) is 0 Å². The first-order valence-electron chi connectivity index (χ1n) is 15.0. The van der Waals surface area contributed by atoms with Gasteiger partial charge in [-0.25, -0.2) is 4.79 Å². The number of nitrogens with one attached hydrogen (secondary N) is 3. The first-order valence-corrected chi connectivity index (χ1v) is 15.0. The summed E-state index contributed by atoms with van der Waals surface area (Å²) in [6.07, 6.45) is 3.31. The second-order valence-corrected chi connectivity index (χ2v) is 12.2. The topological polar surface area (TPSA) is 162 Å². The molecule has 1 spiro atoms. The van der Waals surface area contributed by atoms with E-state index < -0.39 is 17.2 Å². The number of aryl methyl sites for hydroxylation is 2. The van der Waals surface area contributed by atoms with Crippen molar-refractivity contribution >= 4 is 17.7 Å². The largest absolute Gasteiger partial charge is 0.459 e. The van der Waals surface area contributed by atoms with Crippen LogP contribution in [0.15, 0.2) is 45.7 Å². The number of carbonyl (C=O) groups is 3. The highest BCUT2D eigenvalue weighted by Gasteiger charge is 2.54. The highest BCUT2D eigenvalue weighted by molar-refractivity contribution is 5.95. The zero-order valence-corrected chi connectivity index (χ0v) is 24.6. The number of amides is 3. The van der Waals surface area contributed by atoms with E-state index in [9.17, 15) is 24.4 Å². The lowest BCUT2D eigenvalue weighted by Gasteiger charge is -2.42. The molecule has 2 aliphatic carbocycles. The molecule has 2 aliphatic heterocycles. The highest BCUT2D eigenvalue weighted by Crippen LogP contribution is 2.50. The van der Waals surface area contributed by atoms with Gasteiger partial charge in [-0.1, -0.05) is 12.1 Å². The number of hydrogen-bond acceptors (Lipinski definition) is 8. The SMILES string of the molecule is CNC(=O)c1ccc2c(c1)CCc1cc(C(=O)NC)ccc1C21C[C@H](NCC(=O)N2C(C#N)C[C@@H]3C[C@@H]32)Cn2oc(=O)nc21. The average molecular weight is 596 g/mol. The maximum atomic E-state index is 13.4. The number of piperidine rings is 1. The molecule has 226 valence electrons. The lowest BCUT2D eigenvalue weighted by atomic mass is 9.66. The molecule has 4 aliphatic rings. The van der Waals surface area contributed by atoms with Crippen molar-refractivity contribution in [1.29, 1.82) is 5.26 Å². The summed E-state index contributed by atoms with van der Waals surface area (Å²) < 4.78 is 7.11. The monoisotopic (exact) mass is 595 g/mol. The molecule has 12 nitrogen and oxygen atoms in total. The molecule has 7 rings (SSSR count). The Balaban J connectivity index is 1.33. The van der Waals surface area contributed by atoms with E-state index in [2.05, 4.69) is 27.0 Å². The minimum Gasteiger partial charge on any atom is -0.355 e. The van der Waals surface area contributed by atoms with Crippen molar-refractivity contribution in [3.05, 3.63) is 86.2 Å². The van der Waals surface area contributed by atoms with Gasteiger partial charge in [-0.15, -0.1) is 0 Å². The summed E-state index contributed by atoms with van der Waals surface area (Å²) in [6.45, 7) is 0.325. The molecule has 12 heteroatoms. The number of likely N-dealkylation sites (tertiary alicyclic amines) is 1. The fourth-order valence-corrected chi connectivity index (χ4v) is 7.73. The van der Waals surface area contributed by atoms with Crippen LogP contribution in [0.25, 0.3) is 0 Å². The Bertz CT molecular complexity index is 1740. The maximum absolute atomic E-state index is 13.4. The maximum Gasteiger partial charge on any atom is 0.459 e. The summed E-state index contributed by atoms with van der Waals surface area (Å²) in [4.78, 5) is 57.4. The molecule has 2 fully saturated rings. The number of benzene rings is 2. The summed E-state index contributed by atoms with van der Waals surface area (Å²) in [5, 5.41) is 18.4. The molecule has 3 heterocycles. The van der Waals surface area contributed by atoms with Gasteiger partial charge >= 0.3 is 5.76 Å². The molecule has 44 heavy (non-hydrogen) atoms. The molecular formula is C32H33N7O5. The molecule has 1 saturated heterocycles. The van der Waals surface area contributed by atoms with Gasteiger partial charge in [0.15, 0.2) is 5.82 Å². The standard InChI is InChI=1S/C32H33N7O5/c1-34-28(41)19-5-7-24-17(9-19)3-4-18-10-20(29(42)35-2)6-8-25(18)32(24)13-22(16-38-30(32)37-31(43)44-38)36-15-27(40)39-23(14-33)11-21-12-26(21)39/h5-10,21-23,26,36H,3-4,11-13,15-16H2,1-2H3,(H,34,41)(H,35,42)/t21-,22+,23?,26+/m1/s1. The highest BCUT2D eigenvalue weighted by atomic mass is 16.5. The van der Waals surface area contributed by atoms with E-state index in [0.29, 0.717) is 42.1 Å². The average Bonchev–Trinajstić information content (AvgIpc) is 3.57. The number of rotatable bonds is 5. The first kappa shape index (κ1) is 28.0. The van der Waals surface area contributed by atoms with Gasteiger partial charge in [-0.05, 0) is 84.5 Å². The summed E-state index contributed by atoms with van der Waals surface area (Å²) >= 11 is 0. The Morgan fingerprint density at radius 3 is 2.25 bits per heavy atom. The van der Waals surface area contributed by atoms with Crippen molar-refractivity contribution in [2.75, 3.05) is 20.6 Å². The van der Waals surface area contributed by atoms with Crippen molar-refractivity contribution in [1.82, 2.24) is 30.6 Å². The van der Waals surface area contributed by atoms with Crippen molar-refractivity contribution in [3.63, 3.8) is 0 Å². The van der Waals surface area contributed by atoms with E-state index in [1.807, 2.05) is 24.3 Å². The van der Waals surface area contributed by atoms with Crippen molar-refractivity contribution < 1.29 is 18.9 Å². The molecule has 3 N–H and O–H groups in total. The summed E-state index contributed by atoms with van der Waals surface area (Å²) in [6, 6.07) is 12.9. The van der Waals surface area contributed by atoms with Gasteiger partial charge in [-0.2, -0.15) is 15.0 Å². The second kappa shape index (κ2) is 10.4. The van der Waals surface area contributed by atoms with Crippen LogP contribution in [0.3, 0.4) is 0 Å². The van der Waals surface area contributed by atoms with Crippen LogP contribution < -0.4 is 21.7 Å². The van der Waals surface area contributed by atoms with Gasteiger partial charge in [0.25, 0.3) is 11.8 Å². The summed E-state index contributed by atoms with van der Waals surface area (Å²) in [5.41, 5.74) is 3.69. The molecule has 1 saturated carbocycles. The third-order valence-corrected chi connectivity index (χ3v) is 9.80. The van der Waals surface area contributed by atoms with Crippen molar-refractivity contribution in [2.45, 2.75) is 62.2 Å². The lowest BCUT2D eigenvalue weighted by molar-refractivity contribution is -0.131. The molecule has 1 unspecified atom stereocenters. The second-order valence-electron chi connectivity index (χ2n) is 12.2. The molecular weight excluding hydrogens is 562 g/mol. The fourth-order valence-electron chi connectivity index (χ4n) is 7.73. The lowest BCUT2D eigenvalue weighted by Crippen LogP contribution is -2.51. The Morgan fingerprint density at radius 2 is 1.66 bits per heavy atom. The Labute approximate surface area is 253 Å². The van der Waals surface area contributed by atoms with Gasteiger partial charge in [0.05, 0.1) is 24.6 Å². The molecule has 1 aromatic heterocycles. The van der Waals surface area contributed by atoms with Gasteiger partial charge in [0.1, 0.15) is 6.04 Å². The van der Waals surface area contributed by atoms with E-state index in [1.165, 1.54) is 4.74 Å². The van der Waals surface area contributed by atoms with Gasteiger partial charge in [0, 0.05) is 37.3 Å². The predicted molar refractivity (Wildman–Crippen MR) is 157 cm³/mol. The Morgan fingerprint density at radius 1 is 1.02 bits per heavy atom. The molecule has 0 bridgehead atoms. The number of nitriles is 1. The van der Waals surface area contributed by atoms with E-state index in [1.54, 1.807) is 31.1 Å². The quantitative estimate of drug-likeness (QED) is 0.391. The molecule has 2 aromatic carbocycles. The fraction of sp³-hybridized carbons (Fsp3) is 0.438. The molecule has 4 atom stereocenters. The third kappa shape index (κ3) is 4.33. The number of nitrogens with zero attached hydrogens (tertiary/aromatic N) is 4. The van der Waals surface area contributed by atoms with Gasteiger partial charge in [-0.3, -0.25) is 14.4 Å². The Hall–Kier alpha value is -4.76. The van der Waals surface area contributed by atoms with Crippen molar-refractivity contribution in [3.8, 4) is 6.07 Å². The normalized spacial score (nSPS) is 23.8. The smallest absolute Gasteiger partial charge is 0.355 e. The number of hydrogen-bond donors (Lipinski definition) is 3. The number of carbonyl (C=O) groups excluding carboxylic acids is 3. The molecule has 3 aromatic rings. The predicted octanol–water partition coefficient (Wildman–Crippen LogP) is 0.863. The number of fused-ring (bicyclic) bond motifs is 7. The van der Waals surface area contributed by atoms with E-state index >= 15 is 0 Å². The van der Waals surface area contributed by atoms with E-state index in [4.69, 9.17) is 4.52 Å². The van der Waals surface area contributed by atoms with Crippen LogP contribution in [0.1, 0.15) is 68.1 Å². The van der Waals surface area contributed by atoms with Gasteiger partial charge in [0.2, 0.25) is 5.91 Å². The first-order chi connectivity index (χ1) is 21.3. The van der Waals surface area contributed by atoms with E-state index in [0.717, 1.165) is 35.1 Å².